The third-order valence-corrected chi connectivity index (χ3v) is 3.33. The van der Waals surface area contributed by atoms with Crippen molar-refractivity contribution in [2.24, 2.45) is 0 Å². The van der Waals surface area contributed by atoms with Gasteiger partial charge in [0.2, 0.25) is 0 Å². The van der Waals surface area contributed by atoms with Crippen LogP contribution in [0.3, 0.4) is 0 Å². The van der Waals surface area contributed by atoms with Crippen molar-refractivity contribution in [2.75, 3.05) is 11.9 Å². The van der Waals surface area contributed by atoms with Crippen LogP contribution in [0.1, 0.15) is 17.7 Å². The van der Waals surface area contributed by atoms with Crippen molar-refractivity contribution in [2.45, 2.75) is 19.4 Å². The van der Waals surface area contributed by atoms with Gasteiger partial charge in [0.15, 0.2) is 11.6 Å². The zero-order chi connectivity index (χ0) is 14.1. The van der Waals surface area contributed by atoms with Gasteiger partial charge in [-0.05, 0) is 18.9 Å². The molecule has 0 saturated heterocycles. The van der Waals surface area contributed by atoms with E-state index < -0.39 is 11.6 Å². The van der Waals surface area contributed by atoms with Gasteiger partial charge in [-0.25, -0.2) is 13.5 Å². The van der Waals surface area contributed by atoms with Crippen LogP contribution in [0.4, 0.5) is 14.5 Å². The fourth-order valence-electron chi connectivity index (χ4n) is 2.29. The summed E-state index contributed by atoms with van der Waals surface area (Å²) in [6.45, 7) is 0.742. The van der Waals surface area contributed by atoms with Crippen molar-refractivity contribution in [3.8, 4) is 0 Å². The molecule has 0 radical (unpaired) electrons. The average molecular weight is 277 g/mol. The first-order valence-electron chi connectivity index (χ1n) is 6.43. The van der Waals surface area contributed by atoms with Gasteiger partial charge in [-0.1, -0.05) is 12.1 Å². The number of anilines is 1. The molecule has 3 rings (SSSR count). The second-order valence-corrected chi connectivity index (χ2v) is 4.74. The maximum Gasteiger partial charge on any atom is 0.269 e. The Morgan fingerprint density at radius 2 is 2.20 bits per heavy atom. The Kier molecular flexibility index (Phi) is 3.22. The smallest absolute Gasteiger partial charge is 0.269 e. The van der Waals surface area contributed by atoms with Gasteiger partial charge in [-0.3, -0.25) is 4.79 Å². The molecule has 1 aromatic heterocycles. The Bertz CT molecular complexity index is 712. The normalized spacial score (nSPS) is 13.7. The summed E-state index contributed by atoms with van der Waals surface area (Å²) in [5.74, 6) is -1.85. The maximum atomic E-state index is 13.6. The number of hydrogen-bond donors (Lipinski definition) is 1. The molecule has 4 nitrogen and oxygen atoms in total. The van der Waals surface area contributed by atoms with E-state index in [9.17, 15) is 13.6 Å². The lowest BCUT2D eigenvalue weighted by atomic mass is 10.1. The van der Waals surface area contributed by atoms with E-state index in [0.717, 1.165) is 36.8 Å². The molecule has 1 aromatic carbocycles. The largest absolute Gasteiger partial charge is 0.383 e. The van der Waals surface area contributed by atoms with Crippen LogP contribution in [0.2, 0.25) is 0 Å². The quantitative estimate of drug-likeness (QED) is 0.912. The molecule has 1 aliphatic heterocycles. The fraction of sp³-hybridized carbons (Fsp3) is 0.286. The van der Waals surface area contributed by atoms with Crippen LogP contribution in [0.25, 0.3) is 0 Å². The first-order chi connectivity index (χ1) is 9.65. The topological polar surface area (TPSA) is 46.9 Å². The van der Waals surface area contributed by atoms with Crippen molar-refractivity contribution in [3.63, 3.8) is 0 Å². The van der Waals surface area contributed by atoms with Gasteiger partial charge in [0.25, 0.3) is 5.56 Å². The molecule has 0 fully saturated rings. The Labute approximate surface area is 114 Å². The van der Waals surface area contributed by atoms with Gasteiger partial charge in [0.1, 0.15) is 0 Å². The van der Waals surface area contributed by atoms with E-state index in [1.807, 2.05) is 0 Å². The average Bonchev–Trinajstić information content (AvgIpc) is 2.44. The predicted octanol–water partition coefficient (Wildman–Crippen LogP) is 1.93. The molecule has 0 unspecified atom stereocenters. The van der Waals surface area contributed by atoms with Crippen molar-refractivity contribution in [1.82, 2.24) is 9.78 Å². The van der Waals surface area contributed by atoms with E-state index in [0.29, 0.717) is 0 Å². The van der Waals surface area contributed by atoms with E-state index in [4.69, 9.17) is 0 Å². The SMILES string of the molecule is O=c1cc2c(nn1Cc1cccc(F)c1F)CCCN2. The minimum Gasteiger partial charge on any atom is -0.383 e. The first kappa shape index (κ1) is 12.8. The minimum atomic E-state index is -0.933. The molecular weight excluding hydrogens is 264 g/mol. The van der Waals surface area contributed by atoms with Gasteiger partial charge >= 0.3 is 0 Å². The number of halogens is 2. The maximum absolute atomic E-state index is 13.6. The molecule has 0 atom stereocenters. The number of nitrogens with one attached hydrogen (secondary N) is 1. The van der Waals surface area contributed by atoms with Crippen LogP contribution in [-0.4, -0.2) is 16.3 Å². The lowest BCUT2D eigenvalue weighted by molar-refractivity contribution is 0.488. The molecule has 2 aromatic rings. The van der Waals surface area contributed by atoms with Gasteiger partial charge in [-0.15, -0.1) is 0 Å². The molecule has 0 saturated carbocycles. The number of rotatable bonds is 2. The highest BCUT2D eigenvalue weighted by Crippen LogP contribution is 2.17. The predicted molar refractivity (Wildman–Crippen MR) is 70.8 cm³/mol. The number of nitrogens with zero attached hydrogens (tertiary/aromatic N) is 2. The monoisotopic (exact) mass is 277 g/mol. The van der Waals surface area contributed by atoms with Crippen LogP contribution >= 0.6 is 0 Å². The lowest BCUT2D eigenvalue weighted by Crippen LogP contribution is -2.27. The van der Waals surface area contributed by atoms with E-state index in [1.54, 1.807) is 0 Å². The first-order valence-corrected chi connectivity index (χ1v) is 6.43. The Morgan fingerprint density at radius 3 is 3.05 bits per heavy atom. The Hall–Kier alpha value is -2.24. The van der Waals surface area contributed by atoms with Crippen LogP contribution < -0.4 is 10.9 Å². The number of aryl methyl sites for hydroxylation is 1. The fourth-order valence-corrected chi connectivity index (χ4v) is 2.29. The molecule has 0 spiro atoms. The highest BCUT2D eigenvalue weighted by Gasteiger charge is 2.14. The molecular formula is C14H13F2N3O. The number of aromatic nitrogens is 2. The summed E-state index contributed by atoms with van der Waals surface area (Å²) < 4.78 is 28.0. The second kappa shape index (κ2) is 5.03. The Morgan fingerprint density at radius 1 is 1.35 bits per heavy atom. The van der Waals surface area contributed by atoms with Crippen molar-refractivity contribution in [1.29, 1.82) is 0 Å². The summed E-state index contributed by atoms with van der Waals surface area (Å²) in [5.41, 5.74) is 1.30. The molecule has 20 heavy (non-hydrogen) atoms. The van der Waals surface area contributed by atoms with E-state index in [1.165, 1.54) is 22.9 Å². The summed E-state index contributed by atoms with van der Waals surface area (Å²) in [7, 11) is 0. The third-order valence-electron chi connectivity index (χ3n) is 3.33. The molecule has 0 aliphatic carbocycles. The zero-order valence-electron chi connectivity index (χ0n) is 10.7. The minimum absolute atomic E-state index is 0.0737. The van der Waals surface area contributed by atoms with Crippen molar-refractivity contribution >= 4 is 5.69 Å². The molecule has 0 amide bonds. The third kappa shape index (κ3) is 2.29. The molecule has 104 valence electrons. The van der Waals surface area contributed by atoms with Crippen LogP contribution in [0.5, 0.6) is 0 Å². The molecule has 0 bridgehead atoms. The highest BCUT2D eigenvalue weighted by molar-refractivity contribution is 5.48. The van der Waals surface area contributed by atoms with Crippen LogP contribution in [0.15, 0.2) is 29.1 Å². The second-order valence-electron chi connectivity index (χ2n) is 4.74. The van der Waals surface area contributed by atoms with Crippen LogP contribution in [0, 0.1) is 11.6 Å². The highest BCUT2D eigenvalue weighted by atomic mass is 19.2. The Balaban J connectivity index is 1.98. The van der Waals surface area contributed by atoms with Crippen molar-refractivity contribution in [3.05, 3.63) is 57.5 Å². The summed E-state index contributed by atoms with van der Waals surface area (Å²) in [6, 6.07) is 5.37. The molecule has 2 heterocycles. The summed E-state index contributed by atoms with van der Waals surface area (Å²) in [6.07, 6.45) is 1.71. The van der Waals surface area contributed by atoms with Gasteiger partial charge in [0, 0.05) is 18.2 Å². The van der Waals surface area contributed by atoms with E-state index >= 15 is 0 Å². The zero-order valence-corrected chi connectivity index (χ0v) is 10.7. The van der Waals surface area contributed by atoms with Gasteiger partial charge < -0.3 is 5.32 Å². The summed E-state index contributed by atoms with van der Waals surface area (Å²) in [4.78, 5) is 11.9. The van der Waals surface area contributed by atoms with E-state index in [-0.39, 0.29) is 17.7 Å². The lowest BCUT2D eigenvalue weighted by Gasteiger charge is -2.17. The summed E-state index contributed by atoms with van der Waals surface area (Å²) >= 11 is 0. The van der Waals surface area contributed by atoms with Crippen molar-refractivity contribution < 1.29 is 8.78 Å². The van der Waals surface area contributed by atoms with Gasteiger partial charge in [0.05, 0.1) is 17.9 Å². The molecule has 1 N–H and O–H groups in total. The number of benzene rings is 1. The molecule has 6 heteroatoms. The van der Waals surface area contributed by atoms with E-state index in [2.05, 4.69) is 10.4 Å². The summed E-state index contributed by atoms with van der Waals surface area (Å²) in [5, 5.41) is 7.34. The number of hydrogen-bond acceptors (Lipinski definition) is 3. The van der Waals surface area contributed by atoms with Gasteiger partial charge in [-0.2, -0.15) is 5.10 Å². The molecule has 1 aliphatic rings. The van der Waals surface area contributed by atoms with Crippen LogP contribution in [-0.2, 0) is 13.0 Å². The number of fused-ring (bicyclic) bond motifs is 1. The standard InChI is InChI=1S/C14H13F2N3O/c15-10-4-1-3-9(14(10)16)8-19-13(20)7-12-11(18-19)5-2-6-17-12/h1,3-4,7,17H,2,5-6,8H2.